The van der Waals surface area contributed by atoms with Gasteiger partial charge in [0.25, 0.3) is 0 Å². The highest BCUT2D eigenvalue weighted by Crippen LogP contribution is 2.39. The number of aliphatic hydroxyl groups is 1. The Morgan fingerprint density at radius 1 is 1.11 bits per heavy atom. The molecule has 1 rings (SSSR count). The molecule has 1 unspecified atom stereocenters. The summed E-state index contributed by atoms with van der Waals surface area (Å²) in [6.07, 6.45) is 0.0608. The zero-order valence-corrected chi connectivity index (χ0v) is 12.2. The minimum absolute atomic E-state index is 0.0102. The molecule has 0 aromatic heterocycles. The van der Waals surface area contributed by atoms with Crippen molar-refractivity contribution in [3.63, 3.8) is 0 Å². The Kier molecular flexibility index (Phi) is 4.63. The maximum absolute atomic E-state index is 10.1. The SMILES string of the molecule is CCC(O)c1c(OC)cc(C(C)(C)C)cc1OC. The maximum Gasteiger partial charge on any atom is 0.128 e. The molecule has 102 valence electrons. The molecule has 0 saturated heterocycles. The highest BCUT2D eigenvalue weighted by Gasteiger charge is 2.23. The Bertz CT molecular complexity index is 380. The third-order valence-electron chi connectivity index (χ3n) is 3.13. The van der Waals surface area contributed by atoms with Crippen LogP contribution in [0.15, 0.2) is 12.1 Å². The first-order chi connectivity index (χ1) is 8.35. The van der Waals surface area contributed by atoms with Gasteiger partial charge < -0.3 is 14.6 Å². The van der Waals surface area contributed by atoms with E-state index in [9.17, 15) is 5.11 Å². The van der Waals surface area contributed by atoms with Crippen LogP contribution in [-0.4, -0.2) is 19.3 Å². The van der Waals surface area contributed by atoms with Crippen LogP contribution < -0.4 is 9.47 Å². The second-order valence-corrected chi connectivity index (χ2v) is 5.47. The van der Waals surface area contributed by atoms with E-state index in [0.29, 0.717) is 17.9 Å². The number of ether oxygens (including phenoxy) is 2. The summed E-state index contributed by atoms with van der Waals surface area (Å²) < 4.78 is 10.8. The lowest BCUT2D eigenvalue weighted by molar-refractivity contribution is 0.164. The van der Waals surface area contributed by atoms with Gasteiger partial charge in [-0.2, -0.15) is 0 Å². The molecule has 0 radical (unpaired) electrons. The molecular weight excluding hydrogens is 228 g/mol. The molecule has 0 amide bonds. The summed E-state index contributed by atoms with van der Waals surface area (Å²) in [5, 5.41) is 10.1. The zero-order chi connectivity index (χ0) is 13.9. The van der Waals surface area contributed by atoms with Gasteiger partial charge in [0, 0.05) is 0 Å². The van der Waals surface area contributed by atoms with Gasteiger partial charge in [0.2, 0.25) is 0 Å². The molecule has 1 aromatic carbocycles. The predicted molar refractivity (Wildman–Crippen MR) is 73.5 cm³/mol. The van der Waals surface area contributed by atoms with Crippen molar-refractivity contribution in [1.82, 2.24) is 0 Å². The first-order valence-corrected chi connectivity index (χ1v) is 6.29. The van der Waals surface area contributed by atoms with E-state index in [0.717, 1.165) is 11.1 Å². The predicted octanol–water partition coefficient (Wildman–Crippen LogP) is 3.44. The highest BCUT2D eigenvalue weighted by molar-refractivity contribution is 5.51. The van der Waals surface area contributed by atoms with Gasteiger partial charge in [-0.3, -0.25) is 0 Å². The fraction of sp³-hybridized carbons (Fsp3) is 0.600. The lowest BCUT2D eigenvalue weighted by Crippen LogP contribution is -2.13. The number of hydrogen-bond donors (Lipinski definition) is 1. The van der Waals surface area contributed by atoms with Crippen LogP contribution in [0.2, 0.25) is 0 Å². The molecule has 18 heavy (non-hydrogen) atoms. The first kappa shape index (κ1) is 14.8. The molecule has 0 fully saturated rings. The fourth-order valence-corrected chi connectivity index (χ4v) is 1.90. The summed E-state index contributed by atoms with van der Waals surface area (Å²) in [6.45, 7) is 8.34. The van der Waals surface area contributed by atoms with Gasteiger partial charge in [-0.25, -0.2) is 0 Å². The monoisotopic (exact) mass is 252 g/mol. The zero-order valence-electron chi connectivity index (χ0n) is 12.2. The molecule has 1 atom stereocenters. The average Bonchev–Trinajstić information content (AvgIpc) is 2.34. The van der Waals surface area contributed by atoms with Crippen molar-refractivity contribution in [2.45, 2.75) is 45.6 Å². The van der Waals surface area contributed by atoms with Crippen molar-refractivity contribution >= 4 is 0 Å². The van der Waals surface area contributed by atoms with E-state index in [4.69, 9.17) is 9.47 Å². The molecule has 0 aliphatic carbocycles. The Morgan fingerprint density at radius 2 is 1.56 bits per heavy atom. The molecule has 0 spiro atoms. The van der Waals surface area contributed by atoms with Crippen LogP contribution in [-0.2, 0) is 5.41 Å². The second-order valence-electron chi connectivity index (χ2n) is 5.47. The van der Waals surface area contributed by atoms with Gasteiger partial charge in [0.05, 0.1) is 25.9 Å². The number of aliphatic hydroxyl groups excluding tert-OH is 1. The van der Waals surface area contributed by atoms with Crippen LogP contribution in [0.5, 0.6) is 11.5 Å². The summed E-state index contributed by atoms with van der Waals surface area (Å²) in [4.78, 5) is 0. The van der Waals surface area contributed by atoms with E-state index < -0.39 is 6.10 Å². The van der Waals surface area contributed by atoms with Crippen LogP contribution >= 0.6 is 0 Å². The first-order valence-electron chi connectivity index (χ1n) is 6.29. The van der Waals surface area contributed by atoms with Gasteiger partial charge in [-0.05, 0) is 29.5 Å². The van der Waals surface area contributed by atoms with Crippen molar-refractivity contribution in [2.24, 2.45) is 0 Å². The minimum Gasteiger partial charge on any atom is -0.496 e. The van der Waals surface area contributed by atoms with Gasteiger partial charge in [-0.15, -0.1) is 0 Å². The Balaban J connectivity index is 3.44. The van der Waals surface area contributed by atoms with Crippen molar-refractivity contribution in [2.75, 3.05) is 14.2 Å². The van der Waals surface area contributed by atoms with Crippen molar-refractivity contribution in [3.05, 3.63) is 23.3 Å². The molecule has 1 aromatic rings. The van der Waals surface area contributed by atoms with Crippen LogP contribution in [0.25, 0.3) is 0 Å². The lowest BCUT2D eigenvalue weighted by Gasteiger charge is -2.24. The number of hydrogen-bond acceptors (Lipinski definition) is 3. The third-order valence-corrected chi connectivity index (χ3v) is 3.13. The van der Waals surface area contributed by atoms with Crippen molar-refractivity contribution < 1.29 is 14.6 Å². The smallest absolute Gasteiger partial charge is 0.128 e. The molecule has 3 nitrogen and oxygen atoms in total. The van der Waals surface area contributed by atoms with Gasteiger partial charge in [0.15, 0.2) is 0 Å². The summed E-state index contributed by atoms with van der Waals surface area (Å²) >= 11 is 0. The molecule has 0 aliphatic rings. The molecule has 0 aliphatic heterocycles. The number of rotatable bonds is 4. The van der Waals surface area contributed by atoms with E-state index in [1.165, 1.54) is 0 Å². The molecule has 3 heteroatoms. The van der Waals surface area contributed by atoms with Crippen molar-refractivity contribution in [3.8, 4) is 11.5 Å². The Morgan fingerprint density at radius 3 is 1.83 bits per heavy atom. The van der Waals surface area contributed by atoms with Gasteiger partial charge >= 0.3 is 0 Å². The Labute approximate surface area is 110 Å². The van der Waals surface area contributed by atoms with E-state index in [1.807, 2.05) is 19.1 Å². The lowest BCUT2D eigenvalue weighted by atomic mass is 9.85. The van der Waals surface area contributed by atoms with E-state index in [-0.39, 0.29) is 5.41 Å². The normalized spacial score (nSPS) is 13.3. The van der Waals surface area contributed by atoms with Gasteiger partial charge in [0.1, 0.15) is 11.5 Å². The number of benzene rings is 1. The standard InChI is InChI=1S/C15H24O3/c1-7-11(16)14-12(17-5)8-10(15(2,3)4)9-13(14)18-6/h8-9,11,16H,7H2,1-6H3. The van der Waals surface area contributed by atoms with E-state index in [2.05, 4.69) is 20.8 Å². The summed E-state index contributed by atoms with van der Waals surface area (Å²) in [7, 11) is 3.24. The topological polar surface area (TPSA) is 38.7 Å². The number of methoxy groups -OCH3 is 2. The molecule has 0 bridgehead atoms. The average molecular weight is 252 g/mol. The largest absolute Gasteiger partial charge is 0.496 e. The third kappa shape index (κ3) is 2.96. The van der Waals surface area contributed by atoms with Crippen LogP contribution in [0.1, 0.15) is 51.3 Å². The molecular formula is C15H24O3. The van der Waals surface area contributed by atoms with E-state index in [1.54, 1.807) is 14.2 Å². The van der Waals surface area contributed by atoms with Crippen molar-refractivity contribution in [1.29, 1.82) is 0 Å². The molecule has 0 heterocycles. The highest BCUT2D eigenvalue weighted by atomic mass is 16.5. The molecule has 0 saturated carbocycles. The molecule has 1 N–H and O–H groups in total. The summed E-state index contributed by atoms with van der Waals surface area (Å²) in [5.74, 6) is 1.38. The van der Waals surface area contributed by atoms with E-state index >= 15 is 0 Å². The minimum atomic E-state index is -0.566. The fourth-order valence-electron chi connectivity index (χ4n) is 1.90. The Hall–Kier alpha value is -1.22. The van der Waals surface area contributed by atoms with Crippen LogP contribution in [0.3, 0.4) is 0 Å². The van der Waals surface area contributed by atoms with Gasteiger partial charge in [-0.1, -0.05) is 27.7 Å². The van der Waals surface area contributed by atoms with Crippen LogP contribution in [0, 0.1) is 0 Å². The summed E-state index contributed by atoms with van der Waals surface area (Å²) in [6, 6.07) is 3.97. The second kappa shape index (κ2) is 5.61. The maximum atomic E-state index is 10.1. The van der Waals surface area contributed by atoms with Crippen LogP contribution in [0.4, 0.5) is 0 Å². The summed E-state index contributed by atoms with van der Waals surface area (Å²) in [5.41, 5.74) is 1.87. The quantitative estimate of drug-likeness (QED) is 0.892.